The number of rotatable bonds is 4. The molecule has 1 aromatic heterocycles. The first kappa shape index (κ1) is 13.8. The number of nitrogens with one attached hydrogen (secondary N) is 2. The van der Waals surface area contributed by atoms with Crippen LogP contribution in [-0.2, 0) is 0 Å². The van der Waals surface area contributed by atoms with Crippen LogP contribution in [0.25, 0.3) is 0 Å². The van der Waals surface area contributed by atoms with Gasteiger partial charge in [-0.15, -0.1) is 0 Å². The molecule has 0 saturated heterocycles. The van der Waals surface area contributed by atoms with E-state index >= 15 is 0 Å². The Balaban J connectivity index is 1.76. The monoisotopic (exact) mass is 302 g/mol. The lowest BCUT2D eigenvalue weighted by Gasteiger charge is -2.09. The fourth-order valence-corrected chi connectivity index (χ4v) is 2.05. The van der Waals surface area contributed by atoms with E-state index in [0.29, 0.717) is 28.4 Å². The predicted molar refractivity (Wildman–Crippen MR) is 82.8 cm³/mol. The van der Waals surface area contributed by atoms with Gasteiger partial charge in [-0.3, -0.25) is 4.79 Å². The molecule has 2 aromatic rings. The highest BCUT2D eigenvalue weighted by Gasteiger charge is 2.22. The molecule has 21 heavy (non-hydrogen) atoms. The highest BCUT2D eigenvalue weighted by molar-refractivity contribution is 6.31. The van der Waals surface area contributed by atoms with Gasteiger partial charge in [0.2, 0.25) is 5.95 Å². The first-order valence-corrected chi connectivity index (χ1v) is 7.17. The SMILES string of the molecule is Cc1ccc(Cl)cc1NC(=O)c1ccnc(NC2CC2)n1. The van der Waals surface area contributed by atoms with Gasteiger partial charge in [-0.2, -0.15) is 0 Å². The van der Waals surface area contributed by atoms with Crippen LogP contribution >= 0.6 is 11.6 Å². The number of aryl methyl sites for hydroxylation is 1. The number of hydrogen-bond acceptors (Lipinski definition) is 4. The van der Waals surface area contributed by atoms with Crippen molar-refractivity contribution < 1.29 is 4.79 Å². The summed E-state index contributed by atoms with van der Waals surface area (Å²) in [5.41, 5.74) is 1.95. The topological polar surface area (TPSA) is 66.9 Å². The molecular formula is C15H15ClN4O. The lowest BCUT2D eigenvalue weighted by atomic mass is 10.2. The van der Waals surface area contributed by atoms with Crippen LogP contribution in [0, 0.1) is 6.92 Å². The highest BCUT2D eigenvalue weighted by atomic mass is 35.5. The number of anilines is 2. The number of aromatic nitrogens is 2. The first-order valence-electron chi connectivity index (χ1n) is 6.79. The Bertz CT molecular complexity index is 685. The number of amides is 1. The minimum absolute atomic E-state index is 0.276. The van der Waals surface area contributed by atoms with Crippen LogP contribution in [0.1, 0.15) is 28.9 Å². The quantitative estimate of drug-likeness (QED) is 0.909. The van der Waals surface area contributed by atoms with E-state index in [2.05, 4.69) is 20.6 Å². The van der Waals surface area contributed by atoms with E-state index in [1.54, 1.807) is 24.4 Å². The molecule has 1 aliphatic rings. The molecular weight excluding hydrogens is 288 g/mol. The van der Waals surface area contributed by atoms with Gasteiger partial charge in [-0.25, -0.2) is 9.97 Å². The van der Waals surface area contributed by atoms with Crippen molar-refractivity contribution in [3.63, 3.8) is 0 Å². The maximum absolute atomic E-state index is 12.3. The van der Waals surface area contributed by atoms with Gasteiger partial charge in [-0.1, -0.05) is 17.7 Å². The standard InChI is InChI=1S/C15H15ClN4O/c1-9-2-3-10(16)8-13(9)19-14(21)12-6-7-17-15(20-12)18-11-4-5-11/h2-3,6-8,11H,4-5H2,1H3,(H,19,21)(H,17,18,20). The van der Waals surface area contributed by atoms with Gasteiger partial charge in [0.15, 0.2) is 0 Å². The Morgan fingerprint density at radius 3 is 2.90 bits per heavy atom. The average Bonchev–Trinajstić information content (AvgIpc) is 3.27. The second-order valence-electron chi connectivity index (χ2n) is 5.10. The van der Waals surface area contributed by atoms with Crippen molar-refractivity contribution in [2.45, 2.75) is 25.8 Å². The van der Waals surface area contributed by atoms with E-state index in [0.717, 1.165) is 18.4 Å². The van der Waals surface area contributed by atoms with Gasteiger partial charge in [0.25, 0.3) is 5.91 Å². The summed E-state index contributed by atoms with van der Waals surface area (Å²) in [4.78, 5) is 20.6. The molecule has 108 valence electrons. The van der Waals surface area contributed by atoms with E-state index in [1.165, 1.54) is 0 Å². The maximum atomic E-state index is 12.3. The minimum Gasteiger partial charge on any atom is -0.351 e. The van der Waals surface area contributed by atoms with Crippen LogP contribution in [0.4, 0.5) is 11.6 Å². The number of carbonyl (C=O) groups excluding carboxylic acids is 1. The summed E-state index contributed by atoms with van der Waals surface area (Å²) in [5, 5.41) is 6.57. The summed E-state index contributed by atoms with van der Waals surface area (Å²) in [5.74, 6) is 0.217. The largest absolute Gasteiger partial charge is 0.351 e. The van der Waals surface area contributed by atoms with Gasteiger partial charge >= 0.3 is 0 Å². The van der Waals surface area contributed by atoms with Crippen molar-refractivity contribution >= 4 is 29.1 Å². The Labute approximate surface area is 127 Å². The maximum Gasteiger partial charge on any atom is 0.274 e. The summed E-state index contributed by atoms with van der Waals surface area (Å²) in [6.07, 6.45) is 3.83. The summed E-state index contributed by atoms with van der Waals surface area (Å²) < 4.78 is 0. The minimum atomic E-state index is -0.276. The van der Waals surface area contributed by atoms with Gasteiger partial charge in [0, 0.05) is 22.9 Å². The molecule has 0 atom stereocenters. The molecule has 0 radical (unpaired) electrons. The molecule has 1 amide bonds. The van der Waals surface area contributed by atoms with Crippen molar-refractivity contribution in [1.82, 2.24) is 9.97 Å². The number of carbonyl (C=O) groups is 1. The van der Waals surface area contributed by atoms with E-state index in [1.807, 2.05) is 13.0 Å². The molecule has 0 bridgehead atoms. The van der Waals surface area contributed by atoms with E-state index < -0.39 is 0 Å². The van der Waals surface area contributed by atoms with Crippen LogP contribution in [-0.4, -0.2) is 21.9 Å². The molecule has 1 aromatic carbocycles. The van der Waals surface area contributed by atoms with Gasteiger partial charge in [0.1, 0.15) is 5.69 Å². The van der Waals surface area contributed by atoms with Crippen molar-refractivity contribution in [3.8, 4) is 0 Å². The number of nitrogens with zero attached hydrogens (tertiary/aromatic N) is 2. The average molecular weight is 303 g/mol. The fourth-order valence-electron chi connectivity index (χ4n) is 1.88. The molecule has 1 aliphatic carbocycles. The fraction of sp³-hybridized carbons (Fsp3) is 0.267. The third-order valence-electron chi connectivity index (χ3n) is 3.25. The normalized spacial score (nSPS) is 13.8. The van der Waals surface area contributed by atoms with Crippen LogP contribution in [0.15, 0.2) is 30.5 Å². The van der Waals surface area contributed by atoms with Crippen molar-refractivity contribution in [3.05, 3.63) is 46.7 Å². The predicted octanol–water partition coefficient (Wildman–Crippen LogP) is 3.27. The zero-order chi connectivity index (χ0) is 14.8. The Morgan fingerprint density at radius 1 is 1.33 bits per heavy atom. The second kappa shape index (κ2) is 5.69. The van der Waals surface area contributed by atoms with Crippen molar-refractivity contribution in [2.75, 3.05) is 10.6 Å². The van der Waals surface area contributed by atoms with Gasteiger partial charge in [0.05, 0.1) is 0 Å². The smallest absolute Gasteiger partial charge is 0.274 e. The molecule has 1 fully saturated rings. The highest BCUT2D eigenvalue weighted by Crippen LogP contribution is 2.23. The zero-order valence-corrected chi connectivity index (χ0v) is 12.3. The number of hydrogen-bond donors (Lipinski definition) is 2. The Hall–Kier alpha value is -2.14. The molecule has 6 heteroatoms. The molecule has 0 unspecified atom stereocenters. The number of halogens is 1. The van der Waals surface area contributed by atoms with E-state index in [4.69, 9.17) is 11.6 Å². The Kier molecular flexibility index (Phi) is 3.75. The summed E-state index contributed by atoms with van der Waals surface area (Å²) >= 11 is 5.95. The zero-order valence-electron chi connectivity index (χ0n) is 11.6. The molecule has 3 rings (SSSR count). The lowest BCUT2D eigenvalue weighted by molar-refractivity contribution is 0.102. The van der Waals surface area contributed by atoms with Crippen LogP contribution in [0.5, 0.6) is 0 Å². The van der Waals surface area contributed by atoms with E-state index in [9.17, 15) is 4.79 Å². The molecule has 2 N–H and O–H groups in total. The molecule has 0 spiro atoms. The number of benzene rings is 1. The second-order valence-corrected chi connectivity index (χ2v) is 5.53. The van der Waals surface area contributed by atoms with Gasteiger partial charge < -0.3 is 10.6 Å². The molecule has 1 saturated carbocycles. The van der Waals surface area contributed by atoms with Crippen molar-refractivity contribution in [1.29, 1.82) is 0 Å². The Morgan fingerprint density at radius 2 is 2.14 bits per heavy atom. The van der Waals surface area contributed by atoms with Crippen LogP contribution in [0.2, 0.25) is 5.02 Å². The van der Waals surface area contributed by atoms with Crippen LogP contribution in [0.3, 0.4) is 0 Å². The van der Waals surface area contributed by atoms with Gasteiger partial charge in [-0.05, 0) is 43.5 Å². The molecule has 5 nitrogen and oxygen atoms in total. The summed E-state index contributed by atoms with van der Waals surface area (Å²) in [7, 11) is 0. The summed E-state index contributed by atoms with van der Waals surface area (Å²) in [6, 6.07) is 7.40. The van der Waals surface area contributed by atoms with Crippen LogP contribution < -0.4 is 10.6 Å². The third kappa shape index (κ3) is 3.49. The first-order chi connectivity index (χ1) is 10.1. The lowest BCUT2D eigenvalue weighted by Crippen LogP contribution is -2.16. The van der Waals surface area contributed by atoms with E-state index in [-0.39, 0.29) is 5.91 Å². The third-order valence-corrected chi connectivity index (χ3v) is 3.48. The van der Waals surface area contributed by atoms with Crippen molar-refractivity contribution in [2.24, 2.45) is 0 Å². The summed E-state index contributed by atoms with van der Waals surface area (Å²) in [6.45, 7) is 1.91. The molecule has 1 heterocycles. The molecule has 0 aliphatic heterocycles.